The number of azide groups is 2. The summed E-state index contributed by atoms with van der Waals surface area (Å²) in [5.74, 6) is 0. The van der Waals surface area contributed by atoms with E-state index in [2.05, 4.69) is 20.1 Å². The summed E-state index contributed by atoms with van der Waals surface area (Å²) in [7, 11) is 0. The fourth-order valence-corrected chi connectivity index (χ4v) is 2.23. The molecule has 1 saturated heterocycles. The molecule has 0 spiro atoms. The lowest BCUT2D eigenvalue weighted by Gasteiger charge is -2.39. The lowest BCUT2D eigenvalue weighted by Crippen LogP contribution is -2.56. The molecule has 1 fully saturated rings. The van der Waals surface area contributed by atoms with Gasteiger partial charge in [-0.3, -0.25) is 0 Å². The SMILES string of the molecule is [N-]=[N+]=NC[C@H]1OC(OCc2ccccc2)C(N=[N+]=[N-])[C@H](F)[C@@H]1O. The van der Waals surface area contributed by atoms with Crippen molar-refractivity contribution in [2.75, 3.05) is 6.54 Å². The summed E-state index contributed by atoms with van der Waals surface area (Å²) in [6.07, 6.45) is -5.73. The van der Waals surface area contributed by atoms with E-state index in [0.717, 1.165) is 5.56 Å². The van der Waals surface area contributed by atoms with Crippen molar-refractivity contribution in [2.24, 2.45) is 10.2 Å². The maximum Gasteiger partial charge on any atom is 0.169 e. The number of alkyl halides is 1. The van der Waals surface area contributed by atoms with E-state index in [9.17, 15) is 9.50 Å². The largest absolute Gasteiger partial charge is 0.387 e. The smallest absolute Gasteiger partial charge is 0.169 e. The number of aliphatic hydroxyl groups is 1. The first-order valence-corrected chi connectivity index (χ1v) is 6.85. The van der Waals surface area contributed by atoms with E-state index < -0.39 is 30.7 Å². The van der Waals surface area contributed by atoms with Crippen LogP contribution in [-0.4, -0.2) is 42.4 Å². The first-order valence-electron chi connectivity index (χ1n) is 6.85. The summed E-state index contributed by atoms with van der Waals surface area (Å²) in [5.41, 5.74) is 17.7. The van der Waals surface area contributed by atoms with Crippen LogP contribution in [0.25, 0.3) is 20.9 Å². The van der Waals surface area contributed by atoms with Gasteiger partial charge in [0.25, 0.3) is 0 Å². The first-order chi connectivity index (χ1) is 11.2. The van der Waals surface area contributed by atoms with Crippen molar-refractivity contribution in [2.45, 2.75) is 37.3 Å². The molecule has 10 heteroatoms. The molecule has 1 aliphatic rings. The zero-order valence-electron chi connectivity index (χ0n) is 12.0. The second-order valence-electron chi connectivity index (χ2n) is 4.88. The molecule has 122 valence electrons. The number of rotatable bonds is 6. The summed E-state index contributed by atoms with van der Waals surface area (Å²) < 4.78 is 25.2. The topological polar surface area (TPSA) is 136 Å². The summed E-state index contributed by atoms with van der Waals surface area (Å²) in [6.45, 7) is -0.147. The van der Waals surface area contributed by atoms with Gasteiger partial charge in [0.05, 0.1) is 19.3 Å². The second kappa shape index (κ2) is 8.33. The molecule has 1 aliphatic heterocycles. The third-order valence-corrected chi connectivity index (χ3v) is 3.39. The van der Waals surface area contributed by atoms with Crippen LogP contribution < -0.4 is 0 Å². The number of ether oxygens (including phenoxy) is 2. The first kappa shape index (κ1) is 17.0. The van der Waals surface area contributed by atoms with Gasteiger partial charge in [-0.05, 0) is 16.6 Å². The molecule has 5 atom stereocenters. The molecule has 1 aromatic carbocycles. The average molecular weight is 322 g/mol. The van der Waals surface area contributed by atoms with E-state index >= 15 is 0 Å². The Balaban J connectivity index is 2.11. The van der Waals surface area contributed by atoms with Crippen molar-refractivity contribution in [1.82, 2.24) is 0 Å². The van der Waals surface area contributed by atoms with E-state index in [-0.39, 0.29) is 13.2 Å². The van der Waals surface area contributed by atoms with Gasteiger partial charge >= 0.3 is 0 Å². The minimum Gasteiger partial charge on any atom is -0.387 e. The highest BCUT2D eigenvalue weighted by atomic mass is 19.1. The van der Waals surface area contributed by atoms with Crippen LogP contribution >= 0.6 is 0 Å². The molecule has 0 aromatic heterocycles. The molecule has 0 bridgehead atoms. The van der Waals surface area contributed by atoms with Gasteiger partial charge < -0.3 is 14.6 Å². The van der Waals surface area contributed by atoms with E-state index in [0.29, 0.717) is 0 Å². The van der Waals surface area contributed by atoms with Gasteiger partial charge in [0.2, 0.25) is 0 Å². The molecule has 2 unspecified atom stereocenters. The van der Waals surface area contributed by atoms with Crippen molar-refractivity contribution >= 4 is 0 Å². The van der Waals surface area contributed by atoms with Gasteiger partial charge in [0.1, 0.15) is 18.3 Å². The molecule has 0 aliphatic carbocycles. The van der Waals surface area contributed by atoms with Gasteiger partial charge in [0, 0.05) is 9.82 Å². The van der Waals surface area contributed by atoms with Crippen molar-refractivity contribution in [3.05, 3.63) is 56.8 Å². The fourth-order valence-electron chi connectivity index (χ4n) is 2.23. The Morgan fingerprint density at radius 1 is 1.26 bits per heavy atom. The summed E-state index contributed by atoms with van der Waals surface area (Å²) in [4.78, 5) is 5.12. The molecule has 2 rings (SSSR count). The molecule has 1 heterocycles. The van der Waals surface area contributed by atoms with E-state index in [4.69, 9.17) is 20.5 Å². The molecular formula is C13H15FN6O3. The van der Waals surface area contributed by atoms with Crippen LogP contribution in [-0.2, 0) is 16.1 Å². The minimum atomic E-state index is -1.89. The predicted octanol–water partition coefficient (Wildman–Crippen LogP) is 2.62. The quantitative estimate of drug-likeness (QED) is 0.489. The van der Waals surface area contributed by atoms with Crippen LogP contribution in [0.2, 0.25) is 0 Å². The number of hydrogen-bond donors (Lipinski definition) is 1. The van der Waals surface area contributed by atoms with E-state index in [1.165, 1.54) is 0 Å². The van der Waals surface area contributed by atoms with Crippen molar-refractivity contribution in [3.63, 3.8) is 0 Å². The number of aliphatic hydroxyl groups excluding tert-OH is 1. The van der Waals surface area contributed by atoms with Gasteiger partial charge in [-0.15, -0.1) is 0 Å². The average Bonchev–Trinajstić information content (AvgIpc) is 2.58. The molecule has 1 N–H and O–H groups in total. The molecular weight excluding hydrogens is 307 g/mol. The fraction of sp³-hybridized carbons (Fsp3) is 0.538. The zero-order valence-corrected chi connectivity index (χ0v) is 12.0. The summed E-state index contributed by atoms with van der Waals surface area (Å²) in [6, 6.07) is 7.76. The van der Waals surface area contributed by atoms with Crippen molar-refractivity contribution in [3.8, 4) is 0 Å². The van der Waals surface area contributed by atoms with Crippen LogP contribution in [0.4, 0.5) is 4.39 Å². The Kier molecular flexibility index (Phi) is 6.16. The Bertz CT molecular complexity index is 603. The lowest BCUT2D eigenvalue weighted by molar-refractivity contribution is -0.250. The maximum absolute atomic E-state index is 14.3. The van der Waals surface area contributed by atoms with Gasteiger partial charge in [-0.2, -0.15) is 0 Å². The number of benzene rings is 1. The number of halogens is 1. The normalized spacial score (nSPS) is 30.1. The lowest BCUT2D eigenvalue weighted by atomic mass is 9.98. The van der Waals surface area contributed by atoms with Crippen LogP contribution in [0.5, 0.6) is 0 Å². The van der Waals surface area contributed by atoms with Crippen LogP contribution in [0, 0.1) is 0 Å². The van der Waals surface area contributed by atoms with Crippen molar-refractivity contribution < 1.29 is 19.0 Å². The Hall–Kier alpha value is -2.35. The van der Waals surface area contributed by atoms with Crippen LogP contribution in [0.15, 0.2) is 40.6 Å². The highest BCUT2D eigenvalue weighted by Crippen LogP contribution is 2.28. The van der Waals surface area contributed by atoms with Gasteiger partial charge in [-0.25, -0.2) is 4.39 Å². The van der Waals surface area contributed by atoms with Gasteiger partial charge in [-0.1, -0.05) is 40.6 Å². The van der Waals surface area contributed by atoms with E-state index in [1.807, 2.05) is 30.3 Å². The van der Waals surface area contributed by atoms with Crippen LogP contribution in [0.1, 0.15) is 5.56 Å². The molecule has 0 saturated carbocycles. The predicted molar refractivity (Wildman–Crippen MR) is 77.7 cm³/mol. The summed E-state index contributed by atoms with van der Waals surface area (Å²) in [5, 5.41) is 16.4. The monoisotopic (exact) mass is 322 g/mol. The molecule has 0 radical (unpaired) electrons. The highest BCUT2D eigenvalue weighted by Gasteiger charge is 2.45. The second-order valence-corrected chi connectivity index (χ2v) is 4.88. The Morgan fingerprint density at radius 2 is 2.00 bits per heavy atom. The third kappa shape index (κ3) is 4.32. The summed E-state index contributed by atoms with van der Waals surface area (Å²) >= 11 is 0. The Morgan fingerprint density at radius 3 is 2.65 bits per heavy atom. The Labute approximate surface area is 130 Å². The van der Waals surface area contributed by atoms with E-state index in [1.54, 1.807) is 0 Å². The maximum atomic E-state index is 14.3. The number of hydrogen-bond acceptors (Lipinski definition) is 5. The van der Waals surface area contributed by atoms with Crippen LogP contribution in [0.3, 0.4) is 0 Å². The molecule has 9 nitrogen and oxygen atoms in total. The number of nitrogens with zero attached hydrogens (tertiary/aromatic N) is 6. The molecule has 1 aromatic rings. The zero-order chi connectivity index (χ0) is 16.7. The highest BCUT2D eigenvalue weighted by molar-refractivity contribution is 5.13. The van der Waals surface area contributed by atoms with Crippen molar-refractivity contribution in [1.29, 1.82) is 0 Å². The standard InChI is InChI=1S/C13H15FN6O3/c14-10-11(18-20-16)13(22-7-8-4-2-1-3-5-8)23-9(12(10)21)6-17-19-15/h1-5,9-13,21H,6-7H2/t9-,10+,11?,12-,13?/m1/s1. The van der Waals surface area contributed by atoms with Gasteiger partial charge in [0.15, 0.2) is 6.29 Å². The third-order valence-electron chi connectivity index (χ3n) is 3.39. The molecule has 23 heavy (non-hydrogen) atoms. The molecule has 0 amide bonds. The minimum absolute atomic E-state index is 0.111.